The Hall–Kier alpha value is -1.86. The van der Waals surface area contributed by atoms with Crippen LogP contribution in [0.5, 0.6) is 0 Å². The molecule has 4 rings (SSSR count). The Bertz CT molecular complexity index is 869. The molecule has 0 radical (unpaired) electrons. The molecule has 21 heavy (non-hydrogen) atoms. The molecule has 0 spiro atoms. The van der Waals surface area contributed by atoms with Gasteiger partial charge in [-0.2, -0.15) is 0 Å². The van der Waals surface area contributed by atoms with Crippen molar-refractivity contribution >= 4 is 32.8 Å². The molecule has 0 aromatic heterocycles. The minimum absolute atomic E-state index is 0.502. The smallest absolute Gasteiger partial charge is 0.0260 e. The number of benzene rings is 3. The zero-order valence-corrected chi connectivity index (χ0v) is 13.4. The van der Waals surface area contributed by atoms with Crippen molar-refractivity contribution in [3.05, 3.63) is 76.3 Å². The van der Waals surface area contributed by atoms with Crippen molar-refractivity contribution in [3.8, 4) is 11.1 Å². The van der Waals surface area contributed by atoms with Crippen molar-refractivity contribution in [3.63, 3.8) is 0 Å². The molecular weight excluding hydrogens is 320 g/mol. The molecule has 1 atom stereocenters. The first-order valence-electron chi connectivity index (χ1n) is 7.24. The SMILES string of the molecule is CC1C=Cc2cc(Br)c(-c3cccc4ccccc34)cc21. The van der Waals surface area contributed by atoms with E-state index in [1.807, 2.05) is 0 Å². The third-order valence-electron chi connectivity index (χ3n) is 4.31. The van der Waals surface area contributed by atoms with Crippen LogP contribution in [0.1, 0.15) is 24.0 Å². The fraction of sp³-hybridized carbons (Fsp3) is 0.100. The second-order valence-corrected chi connectivity index (χ2v) is 6.49. The van der Waals surface area contributed by atoms with Gasteiger partial charge in [-0.05, 0) is 51.1 Å². The Morgan fingerprint density at radius 2 is 1.71 bits per heavy atom. The predicted molar refractivity (Wildman–Crippen MR) is 94.5 cm³/mol. The van der Waals surface area contributed by atoms with E-state index in [4.69, 9.17) is 0 Å². The van der Waals surface area contributed by atoms with Gasteiger partial charge in [0.2, 0.25) is 0 Å². The summed E-state index contributed by atoms with van der Waals surface area (Å²) in [6.45, 7) is 2.25. The molecule has 0 amide bonds. The van der Waals surface area contributed by atoms with Gasteiger partial charge in [-0.3, -0.25) is 0 Å². The van der Waals surface area contributed by atoms with E-state index < -0.39 is 0 Å². The third kappa shape index (κ3) is 2.04. The highest BCUT2D eigenvalue weighted by Gasteiger charge is 2.17. The molecular formula is C20H15Br. The molecule has 3 aromatic rings. The van der Waals surface area contributed by atoms with Crippen LogP contribution in [-0.4, -0.2) is 0 Å². The van der Waals surface area contributed by atoms with E-state index >= 15 is 0 Å². The maximum atomic E-state index is 3.76. The summed E-state index contributed by atoms with van der Waals surface area (Å²) >= 11 is 3.76. The Morgan fingerprint density at radius 1 is 0.905 bits per heavy atom. The first kappa shape index (κ1) is 12.8. The Balaban J connectivity index is 2.00. The second-order valence-electron chi connectivity index (χ2n) is 5.64. The molecule has 0 bridgehead atoms. The molecule has 0 saturated heterocycles. The van der Waals surface area contributed by atoms with Crippen LogP contribution in [0.3, 0.4) is 0 Å². The minimum atomic E-state index is 0.502. The minimum Gasteiger partial charge on any atom is -0.0767 e. The molecule has 1 heteroatoms. The molecule has 1 aliphatic carbocycles. The summed E-state index contributed by atoms with van der Waals surface area (Å²) in [4.78, 5) is 0. The van der Waals surface area contributed by atoms with Gasteiger partial charge in [0.25, 0.3) is 0 Å². The van der Waals surface area contributed by atoms with Crippen LogP contribution in [0.4, 0.5) is 0 Å². The summed E-state index contributed by atoms with van der Waals surface area (Å²) in [5.74, 6) is 0.502. The van der Waals surface area contributed by atoms with E-state index in [0.29, 0.717) is 5.92 Å². The van der Waals surface area contributed by atoms with Crippen LogP contribution >= 0.6 is 15.9 Å². The van der Waals surface area contributed by atoms with Gasteiger partial charge < -0.3 is 0 Å². The van der Waals surface area contributed by atoms with Gasteiger partial charge in [-0.25, -0.2) is 0 Å². The zero-order chi connectivity index (χ0) is 14.4. The van der Waals surface area contributed by atoms with Crippen molar-refractivity contribution in [2.45, 2.75) is 12.8 Å². The quantitative estimate of drug-likeness (QED) is 0.483. The molecule has 0 fully saturated rings. The highest BCUT2D eigenvalue weighted by molar-refractivity contribution is 9.10. The fourth-order valence-corrected chi connectivity index (χ4v) is 3.74. The van der Waals surface area contributed by atoms with Crippen LogP contribution in [0.2, 0.25) is 0 Å². The highest BCUT2D eigenvalue weighted by Crippen LogP contribution is 2.40. The van der Waals surface area contributed by atoms with Gasteiger partial charge in [0, 0.05) is 4.47 Å². The van der Waals surface area contributed by atoms with Crippen LogP contribution in [0, 0.1) is 0 Å². The van der Waals surface area contributed by atoms with E-state index in [1.165, 1.54) is 33.0 Å². The van der Waals surface area contributed by atoms with Crippen molar-refractivity contribution < 1.29 is 0 Å². The van der Waals surface area contributed by atoms with E-state index in [-0.39, 0.29) is 0 Å². The summed E-state index contributed by atoms with van der Waals surface area (Å²) in [7, 11) is 0. The van der Waals surface area contributed by atoms with Crippen molar-refractivity contribution in [1.29, 1.82) is 0 Å². The van der Waals surface area contributed by atoms with Crippen molar-refractivity contribution in [1.82, 2.24) is 0 Å². The summed E-state index contributed by atoms with van der Waals surface area (Å²) in [5.41, 5.74) is 5.32. The molecule has 1 aliphatic rings. The van der Waals surface area contributed by atoms with Gasteiger partial charge in [-0.15, -0.1) is 0 Å². The molecule has 0 aliphatic heterocycles. The van der Waals surface area contributed by atoms with E-state index in [9.17, 15) is 0 Å². The van der Waals surface area contributed by atoms with Gasteiger partial charge in [0.15, 0.2) is 0 Å². The lowest BCUT2D eigenvalue weighted by Gasteiger charge is -2.13. The van der Waals surface area contributed by atoms with Crippen LogP contribution < -0.4 is 0 Å². The Kier molecular flexibility index (Phi) is 2.97. The number of hydrogen-bond donors (Lipinski definition) is 0. The van der Waals surface area contributed by atoms with Gasteiger partial charge in [-0.1, -0.05) is 77.5 Å². The average molecular weight is 335 g/mol. The predicted octanol–water partition coefficient (Wildman–Crippen LogP) is 6.40. The second kappa shape index (κ2) is 4.85. The Labute approximate surface area is 133 Å². The Morgan fingerprint density at radius 3 is 2.62 bits per heavy atom. The van der Waals surface area contributed by atoms with E-state index in [2.05, 4.69) is 89.6 Å². The summed E-state index contributed by atoms with van der Waals surface area (Å²) in [5, 5.41) is 2.59. The largest absolute Gasteiger partial charge is 0.0767 e. The highest BCUT2D eigenvalue weighted by atomic mass is 79.9. The summed E-state index contributed by atoms with van der Waals surface area (Å²) in [6, 6.07) is 19.7. The van der Waals surface area contributed by atoms with Crippen molar-refractivity contribution in [2.24, 2.45) is 0 Å². The van der Waals surface area contributed by atoms with Gasteiger partial charge >= 0.3 is 0 Å². The van der Waals surface area contributed by atoms with Gasteiger partial charge in [0.1, 0.15) is 0 Å². The first-order chi connectivity index (χ1) is 10.2. The van der Waals surface area contributed by atoms with Gasteiger partial charge in [0.05, 0.1) is 0 Å². The summed E-state index contributed by atoms with van der Waals surface area (Å²) in [6.07, 6.45) is 4.49. The fourth-order valence-electron chi connectivity index (χ4n) is 3.16. The average Bonchev–Trinajstić information content (AvgIpc) is 2.86. The molecule has 0 heterocycles. The van der Waals surface area contributed by atoms with Crippen molar-refractivity contribution in [2.75, 3.05) is 0 Å². The number of fused-ring (bicyclic) bond motifs is 2. The lowest BCUT2D eigenvalue weighted by atomic mass is 9.93. The normalized spacial score (nSPS) is 16.4. The molecule has 3 aromatic carbocycles. The topological polar surface area (TPSA) is 0 Å². The lowest BCUT2D eigenvalue weighted by molar-refractivity contribution is 0.990. The first-order valence-corrected chi connectivity index (χ1v) is 8.03. The zero-order valence-electron chi connectivity index (χ0n) is 11.8. The van der Waals surface area contributed by atoms with Crippen LogP contribution in [-0.2, 0) is 0 Å². The monoisotopic (exact) mass is 334 g/mol. The third-order valence-corrected chi connectivity index (χ3v) is 4.96. The molecule has 0 nitrogen and oxygen atoms in total. The van der Waals surface area contributed by atoms with Crippen LogP contribution in [0.15, 0.2) is 65.1 Å². The lowest BCUT2D eigenvalue weighted by Crippen LogP contribution is -1.91. The number of halogens is 1. The summed E-state index contributed by atoms with van der Waals surface area (Å²) < 4.78 is 1.16. The molecule has 1 unspecified atom stereocenters. The van der Waals surface area contributed by atoms with E-state index in [0.717, 1.165) is 4.47 Å². The molecule has 0 saturated carbocycles. The number of allylic oxidation sites excluding steroid dienone is 1. The van der Waals surface area contributed by atoms with E-state index in [1.54, 1.807) is 0 Å². The molecule has 102 valence electrons. The number of hydrogen-bond acceptors (Lipinski definition) is 0. The van der Waals surface area contributed by atoms with Crippen LogP contribution in [0.25, 0.3) is 28.0 Å². The maximum Gasteiger partial charge on any atom is 0.0260 e. The molecule has 0 N–H and O–H groups in total. The number of rotatable bonds is 1. The standard InChI is InChI=1S/C20H15Br/c1-13-9-10-15-11-20(21)19(12-18(13)15)17-8-4-6-14-5-2-3-7-16(14)17/h2-13H,1H3. The maximum absolute atomic E-state index is 3.76.